The molecule has 0 fully saturated rings. The lowest BCUT2D eigenvalue weighted by Gasteiger charge is -2.18. The molecule has 222 valence electrons. The Morgan fingerprint density at radius 3 is 1.27 bits per heavy atom. The topological polar surface area (TPSA) is 18.5 Å². The number of unbranched alkanes of at least 4 members (excludes halogenated alkanes) is 16. The fraction of sp³-hybridized carbons (Fsp3) is 0.632. The molecule has 0 radical (unpaired) electrons. The Morgan fingerprint density at radius 2 is 0.825 bits per heavy atom. The van der Waals surface area contributed by atoms with Gasteiger partial charge in [-0.1, -0.05) is 160 Å². The van der Waals surface area contributed by atoms with Crippen LogP contribution in [0.5, 0.6) is 11.5 Å². The van der Waals surface area contributed by atoms with Gasteiger partial charge in [-0.3, -0.25) is 0 Å². The molecule has 0 aliphatic rings. The van der Waals surface area contributed by atoms with Crippen LogP contribution < -0.4 is 9.47 Å². The highest BCUT2D eigenvalue weighted by Crippen LogP contribution is 2.43. The number of benzene rings is 3. The monoisotopic (exact) mass is 546 g/mol. The number of ether oxygens (including phenoxy) is 2. The largest absolute Gasteiger partial charge is 0.492 e. The molecule has 0 saturated heterocycles. The van der Waals surface area contributed by atoms with Crippen molar-refractivity contribution in [2.45, 2.75) is 143 Å². The second-order valence-electron chi connectivity index (χ2n) is 11.8. The Morgan fingerprint density at radius 1 is 0.425 bits per heavy atom. The van der Waals surface area contributed by atoms with E-state index < -0.39 is 0 Å². The summed E-state index contributed by atoms with van der Waals surface area (Å²) >= 11 is 0. The standard InChI is InChI=1S/C38H58O2/c1-4-7-9-11-13-15-17-19-23-29-39-37-33-25-21-22-26-34(33)38(36-31-32(6-3)27-28-35(36)37)40-30-24-20-18-16-14-12-10-8-5-2/h21-22,25-28,31H,4-20,23-24,29-30H2,1-3H3. The van der Waals surface area contributed by atoms with Crippen molar-refractivity contribution in [1.29, 1.82) is 0 Å². The molecule has 0 bridgehead atoms. The summed E-state index contributed by atoms with van der Waals surface area (Å²) in [6.45, 7) is 8.36. The van der Waals surface area contributed by atoms with Gasteiger partial charge in [-0.15, -0.1) is 0 Å². The molecule has 40 heavy (non-hydrogen) atoms. The summed E-state index contributed by atoms with van der Waals surface area (Å²) in [6, 6.07) is 15.5. The van der Waals surface area contributed by atoms with Crippen LogP contribution in [0.3, 0.4) is 0 Å². The zero-order chi connectivity index (χ0) is 28.3. The zero-order valence-corrected chi connectivity index (χ0v) is 26.2. The van der Waals surface area contributed by atoms with Gasteiger partial charge in [0, 0.05) is 21.5 Å². The smallest absolute Gasteiger partial charge is 0.135 e. The maximum absolute atomic E-state index is 6.60. The van der Waals surface area contributed by atoms with Gasteiger partial charge in [-0.25, -0.2) is 0 Å². The summed E-state index contributed by atoms with van der Waals surface area (Å²) in [7, 11) is 0. The van der Waals surface area contributed by atoms with E-state index in [1.165, 1.54) is 130 Å². The lowest BCUT2D eigenvalue weighted by molar-refractivity contribution is 0.306. The minimum Gasteiger partial charge on any atom is -0.492 e. The Bertz CT molecular complexity index is 1090. The van der Waals surface area contributed by atoms with E-state index in [1.54, 1.807) is 0 Å². The number of hydrogen-bond donors (Lipinski definition) is 0. The van der Waals surface area contributed by atoms with Gasteiger partial charge in [0.1, 0.15) is 11.5 Å². The van der Waals surface area contributed by atoms with E-state index in [9.17, 15) is 0 Å². The summed E-state index contributed by atoms with van der Waals surface area (Å²) in [5.41, 5.74) is 1.35. The first-order valence-electron chi connectivity index (χ1n) is 17.0. The van der Waals surface area contributed by atoms with Crippen molar-refractivity contribution in [2.24, 2.45) is 0 Å². The molecule has 0 spiro atoms. The van der Waals surface area contributed by atoms with Gasteiger partial charge in [0.2, 0.25) is 0 Å². The number of hydrogen-bond acceptors (Lipinski definition) is 2. The Labute approximate surface area is 246 Å². The summed E-state index contributed by atoms with van der Waals surface area (Å²) in [5, 5.41) is 4.75. The highest BCUT2D eigenvalue weighted by molar-refractivity contribution is 6.11. The van der Waals surface area contributed by atoms with E-state index in [4.69, 9.17) is 9.47 Å². The van der Waals surface area contributed by atoms with Gasteiger partial charge < -0.3 is 9.47 Å². The molecular formula is C38H58O2. The molecule has 0 unspecified atom stereocenters. The van der Waals surface area contributed by atoms with Crippen LogP contribution in [0.2, 0.25) is 0 Å². The second-order valence-corrected chi connectivity index (χ2v) is 11.8. The summed E-state index contributed by atoms with van der Waals surface area (Å²) in [5.74, 6) is 2.07. The highest BCUT2D eigenvalue weighted by atomic mass is 16.5. The van der Waals surface area contributed by atoms with Crippen LogP contribution in [0.15, 0.2) is 42.5 Å². The fourth-order valence-corrected chi connectivity index (χ4v) is 5.85. The van der Waals surface area contributed by atoms with Crippen LogP contribution >= 0.6 is 0 Å². The minimum absolute atomic E-state index is 0.781. The minimum atomic E-state index is 0.781. The normalized spacial score (nSPS) is 11.5. The molecule has 3 rings (SSSR count). The molecule has 0 aliphatic carbocycles. The highest BCUT2D eigenvalue weighted by Gasteiger charge is 2.16. The average Bonchev–Trinajstić information content (AvgIpc) is 2.99. The first-order valence-corrected chi connectivity index (χ1v) is 17.0. The number of aryl methyl sites for hydroxylation is 1. The van der Waals surface area contributed by atoms with Gasteiger partial charge in [0.05, 0.1) is 13.2 Å². The van der Waals surface area contributed by atoms with E-state index >= 15 is 0 Å². The SMILES string of the molecule is CCCCCCCCCCCOc1c2ccccc2c(OCCCCCCCCCCC)c2cc(CC)ccc12. The zero-order valence-electron chi connectivity index (χ0n) is 26.2. The predicted molar refractivity (Wildman–Crippen MR) is 176 cm³/mol. The molecule has 3 aromatic rings. The molecular weight excluding hydrogens is 488 g/mol. The maximum Gasteiger partial charge on any atom is 0.135 e. The van der Waals surface area contributed by atoms with E-state index in [-0.39, 0.29) is 0 Å². The van der Waals surface area contributed by atoms with Crippen molar-refractivity contribution < 1.29 is 9.47 Å². The third kappa shape index (κ3) is 10.6. The van der Waals surface area contributed by atoms with Crippen LogP contribution in [-0.4, -0.2) is 13.2 Å². The van der Waals surface area contributed by atoms with Crippen molar-refractivity contribution in [1.82, 2.24) is 0 Å². The van der Waals surface area contributed by atoms with Crippen LogP contribution in [0.25, 0.3) is 21.5 Å². The Hall–Kier alpha value is -2.22. The predicted octanol–water partition coefficient (Wildman–Crippen LogP) is 12.4. The molecule has 0 saturated carbocycles. The van der Waals surface area contributed by atoms with Gasteiger partial charge in [-0.05, 0) is 30.9 Å². The molecule has 0 aromatic heterocycles. The number of fused-ring (bicyclic) bond motifs is 2. The number of rotatable bonds is 23. The molecule has 0 N–H and O–H groups in total. The quantitative estimate of drug-likeness (QED) is 0.0869. The van der Waals surface area contributed by atoms with Gasteiger partial charge in [-0.2, -0.15) is 0 Å². The van der Waals surface area contributed by atoms with Crippen LogP contribution in [0, 0.1) is 0 Å². The maximum atomic E-state index is 6.60. The van der Waals surface area contributed by atoms with E-state index in [0.29, 0.717) is 0 Å². The van der Waals surface area contributed by atoms with Crippen molar-refractivity contribution in [3.63, 3.8) is 0 Å². The van der Waals surface area contributed by atoms with Gasteiger partial charge in [0.15, 0.2) is 0 Å². The molecule has 3 aromatic carbocycles. The molecule has 0 heterocycles. The third-order valence-corrected chi connectivity index (χ3v) is 8.39. The first-order chi connectivity index (χ1) is 19.8. The first kappa shape index (κ1) is 32.3. The van der Waals surface area contributed by atoms with Gasteiger partial charge >= 0.3 is 0 Å². The lowest BCUT2D eigenvalue weighted by Crippen LogP contribution is -2.03. The van der Waals surface area contributed by atoms with Crippen molar-refractivity contribution in [3.8, 4) is 11.5 Å². The fourth-order valence-electron chi connectivity index (χ4n) is 5.85. The van der Waals surface area contributed by atoms with Crippen molar-refractivity contribution in [2.75, 3.05) is 13.2 Å². The van der Waals surface area contributed by atoms with Crippen molar-refractivity contribution >= 4 is 21.5 Å². The molecule has 2 heteroatoms. The lowest BCUT2D eigenvalue weighted by atomic mass is 9.98. The molecule has 0 aliphatic heterocycles. The van der Waals surface area contributed by atoms with Crippen LogP contribution in [-0.2, 0) is 6.42 Å². The molecule has 2 nitrogen and oxygen atoms in total. The summed E-state index contributed by atoms with van der Waals surface area (Å²) in [6.07, 6.45) is 24.9. The van der Waals surface area contributed by atoms with E-state index in [2.05, 4.69) is 63.2 Å². The Balaban J connectivity index is 1.60. The van der Waals surface area contributed by atoms with Crippen LogP contribution in [0.1, 0.15) is 142 Å². The second kappa shape index (κ2) is 19.8. The van der Waals surface area contributed by atoms with Crippen LogP contribution in [0.4, 0.5) is 0 Å². The third-order valence-electron chi connectivity index (χ3n) is 8.39. The van der Waals surface area contributed by atoms with E-state index in [1.807, 2.05) is 0 Å². The molecule has 0 atom stereocenters. The summed E-state index contributed by atoms with van der Waals surface area (Å²) in [4.78, 5) is 0. The average molecular weight is 547 g/mol. The molecule has 0 amide bonds. The van der Waals surface area contributed by atoms with Crippen molar-refractivity contribution in [3.05, 3.63) is 48.0 Å². The van der Waals surface area contributed by atoms with E-state index in [0.717, 1.165) is 44.0 Å². The Kier molecular flexibility index (Phi) is 16.0. The summed E-state index contributed by atoms with van der Waals surface area (Å²) < 4.78 is 13.2. The van der Waals surface area contributed by atoms with Gasteiger partial charge in [0.25, 0.3) is 0 Å².